The van der Waals surface area contributed by atoms with Crippen LogP contribution in [0.15, 0.2) is 54.6 Å². The van der Waals surface area contributed by atoms with E-state index in [-0.39, 0.29) is 31.8 Å². The van der Waals surface area contributed by atoms with Crippen molar-refractivity contribution < 1.29 is 24.5 Å². The summed E-state index contributed by atoms with van der Waals surface area (Å²) >= 11 is 0. The van der Waals surface area contributed by atoms with Gasteiger partial charge >= 0.3 is 0 Å². The minimum atomic E-state index is -1.31. The highest BCUT2D eigenvalue weighted by Crippen LogP contribution is 2.33. The molecule has 202 valence electrons. The molecule has 0 spiro atoms. The van der Waals surface area contributed by atoms with Gasteiger partial charge in [-0.05, 0) is 50.6 Å². The molecule has 1 fully saturated rings. The average Bonchev–Trinajstić information content (AvgIpc) is 2.95. The van der Waals surface area contributed by atoms with Crippen LogP contribution in [-0.4, -0.2) is 67.5 Å². The molecule has 3 N–H and O–H groups in total. The summed E-state index contributed by atoms with van der Waals surface area (Å²) in [7, 11) is 1.50. The quantitative estimate of drug-likeness (QED) is 0.330. The summed E-state index contributed by atoms with van der Waals surface area (Å²) in [5.74, 6) is 0.765. The summed E-state index contributed by atoms with van der Waals surface area (Å²) in [5, 5.41) is 23.9. The number of aliphatic hydroxyl groups excluding tert-OH is 1. The summed E-state index contributed by atoms with van der Waals surface area (Å²) in [6.45, 7) is 7.33. The van der Waals surface area contributed by atoms with Crippen LogP contribution in [0.5, 0.6) is 11.5 Å². The standard InChI is InChI=1S/C30H37N3O5/c1-21-4-6-22(7-5-21)25-19-24(33-14-12-31-13-15-33)20-29(32-25)30(2,36)11-10-26(35)23-8-9-27(38-17-16-34)28(18-23)37-3/h4-9,18-20,31,34,36H,10-17H2,1-3H3. The van der Waals surface area contributed by atoms with Crippen molar-refractivity contribution in [1.82, 2.24) is 10.3 Å². The van der Waals surface area contributed by atoms with Crippen LogP contribution >= 0.6 is 0 Å². The molecule has 0 amide bonds. The van der Waals surface area contributed by atoms with Crippen molar-refractivity contribution in [2.24, 2.45) is 0 Å². The van der Waals surface area contributed by atoms with Gasteiger partial charge in [0.2, 0.25) is 0 Å². The Morgan fingerprint density at radius 2 is 1.82 bits per heavy atom. The first-order valence-corrected chi connectivity index (χ1v) is 13.0. The number of carbonyl (C=O) groups is 1. The molecule has 3 aromatic rings. The fraction of sp³-hybridized carbons (Fsp3) is 0.400. The maximum absolute atomic E-state index is 13.1. The number of ether oxygens (including phenoxy) is 2. The van der Waals surface area contributed by atoms with Gasteiger partial charge < -0.3 is 29.9 Å². The van der Waals surface area contributed by atoms with E-state index in [4.69, 9.17) is 19.6 Å². The first kappa shape index (κ1) is 27.6. The van der Waals surface area contributed by atoms with E-state index in [0.29, 0.717) is 22.8 Å². The predicted octanol–water partition coefficient (Wildman–Crippen LogP) is 3.72. The van der Waals surface area contributed by atoms with E-state index in [1.807, 2.05) is 25.1 Å². The molecule has 0 saturated carbocycles. The molecule has 1 aliphatic heterocycles. The lowest BCUT2D eigenvalue weighted by Crippen LogP contribution is -2.43. The molecular formula is C30H37N3O5. The Kier molecular flexibility index (Phi) is 8.99. The van der Waals surface area contributed by atoms with Gasteiger partial charge in [-0.2, -0.15) is 0 Å². The smallest absolute Gasteiger partial charge is 0.163 e. The van der Waals surface area contributed by atoms with Gasteiger partial charge in [0, 0.05) is 49.4 Å². The summed E-state index contributed by atoms with van der Waals surface area (Å²) in [4.78, 5) is 20.2. The molecule has 1 aliphatic rings. The number of nitrogens with one attached hydrogen (secondary N) is 1. The zero-order chi connectivity index (χ0) is 27.1. The molecule has 38 heavy (non-hydrogen) atoms. The Hall–Kier alpha value is -3.46. The number of ketones is 1. The largest absolute Gasteiger partial charge is 0.493 e. The monoisotopic (exact) mass is 519 g/mol. The van der Waals surface area contributed by atoms with Crippen molar-refractivity contribution in [2.75, 3.05) is 51.4 Å². The van der Waals surface area contributed by atoms with Crippen molar-refractivity contribution in [2.45, 2.75) is 32.3 Å². The van der Waals surface area contributed by atoms with E-state index in [2.05, 4.69) is 28.4 Å². The molecule has 1 unspecified atom stereocenters. The molecule has 1 atom stereocenters. The lowest BCUT2D eigenvalue weighted by atomic mass is 9.91. The van der Waals surface area contributed by atoms with E-state index < -0.39 is 5.60 Å². The Balaban J connectivity index is 1.57. The van der Waals surface area contributed by atoms with Crippen LogP contribution in [0, 0.1) is 6.92 Å². The highest BCUT2D eigenvalue weighted by Gasteiger charge is 2.28. The van der Waals surface area contributed by atoms with Crippen LogP contribution in [0.2, 0.25) is 0 Å². The van der Waals surface area contributed by atoms with Gasteiger partial charge in [0.15, 0.2) is 17.3 Å². The number of benzene rings is 2. The number of pyridine rings is 1. The number of hydrogen-bond acceptors (Lipinski definition) is 8. The number of Topliss-reactive ketones (excluding diaryl/α,β-unsaturated/α-hetero) is 1. The highest BCUT2D eigenvalue weighted by atomic mass is 16.5. The average molecular weight is 520 g/mol. The molecular weight excluding hydrogens is 482 g/mol. The van der Waals surface area contributed by atoms with Crippen molar-refractivity contribution in [3.05, 3.63) is 71.4 Å². The topological polar surface area (TPSA) is 104 Å². The highest BCUT2D eigenvalue weighted by molar-refractivity contribution is 5.96. The third-order valence-electron chi connectivity index (χ3n) is 6.86. The number of nitrogens with zero attached hydrogens (tertiary/aromatic N) is 2. The Morgan fingerprint density at radius 1 is 1.08 bits per heavy atom. The van der Waals surface area contributed by atoms with Crippen molar-refractivity contribution in [3.63, 3.8) is 0 Å². The number of aliphatic hydroxyl groups is 2. The van der Waals surface area contributed by atoms with Crippen LogP contribution in [0.25, 0.3) is 11.3 Å². The van der Waals surface area contributed by atoms with Crippen molar-refractivity contribution in [1.29, 1.82) is 0 Å². The minimum Gasteiger partial charge on any atom is -0.493 e. The maximum Gasteiger partial charge on any atom is 0.163 e. The molecule has 2 aromatic carbocycles. The summed E-state index contributed by atoms with van der Waals surface area (Å²) < 4.78 is 10.8. The van der Waals surface area contributed by atoms with Crippen LogP contribution in [0.1, 0.15) is 41.4 Å². The molecule has 2 heterocycles. The number of hydrogen-bond donors (Lipinski definition) is 3. The fourth-order valence-corrected chi connectivity index (χ4v) is 4.52. The van der Waals surface area contributed by atoms with Crippen LogP contribution in [0.3, 0.4) is 0 Å². The second-order valence-electron chi connectivity index (χ2n) is 9.83. The third-order valence-corrected chi connectivity index (χ3v) is 6.86. The first-order chi connectivity index (χ1) is 18.3. The van der Waals surface area contributed by atoms with Crippen LogP contribution in [-0.2, 0) is 5.60 Å². The molecule has 1 aromatic heterocycles. The van der Waals surface area contributed by atoms with Crippen molar-refractivity contribution >= 4 is 11.5 Å². The van der Waals surface area contributed by atoms with E-state index in [0.717, 1.165) is 43.1 Å². The number of methoxy groups -OCH3 is 1. The molecule has 4 rings (SSSR count). The maximum atomic E-state index is 13.1. The summed E-state index contributed by atoms with van der Waals surface area (Å²) in [6.07, 6.45) is 0.342. The lowest BCUT2D eigenvalue weighted by molar-refractivity contribution is 0.0398. The number of carbonyl (C=O) groups excluding carboxylic acids is 1. The summed E-state index contributed by atoms with van der Waals surface area (Å²) in [6, 6.07) is 17.2. The first-order valence-electron chi connectivity index (χ1n) is 13.0. The Morgan fingerprint density at radius 3 is 2.50 bits per heavy atom. The number of rotatable bonds is 11. The van der Waals surface area contributed by atoms with E-state index in [1.165, 1.54) is 12.7 Å². The zero-order valence-corrected chi connectivity index (χ0v) is 22.4. The number of piperazine rings is 1. The van der Waals surface area contributed by atoms with Gasteiger partial charge in [0.05, 0.1) is 25.1 Å². The summed E-state index contributed by atoms with van der Waals surface area (Å²) in [5.41, 5.74) is 3.67. The number of anilines is 1. The normalized spacial score (nSPS) is 15.1. The van der Waals surface area contributed by atoms with Crippen molar-refractivity contribution in [3.8, 4) is 22.8 Å². The molecule has 0 aliphatic carbocycles. The zero-order valence-electron chi connectivity index (χ0n) is 22.4. The van der Waals surface area contributed by atoms with Gasteiger partial charge in [0.25, 0.3) is 0 Å². The molecule has 0 bridgehead atoms. The Bertz CT molecular complexity index is 1240. The predicted molar refractivity (Wildman–Crippen MR) is 148 cm³/mol. The van der Waals surface area contributed by atoms with Gasteiger partial charge in [-0.3, -0.25) is 4.79 Å². The van der Waals surface area contributed by atoms with E-state index in [1.54, 1.807) is 25.1 Å². The van der Waals surface area contributed by atoms with Gasteiger partial charge in [0.1, 0.15) is 12.2 Å². The lowest BCUT2D eigenvalue weighted by Gasteiger charge is -2.31. The molecule has 8 nitrogen and oxygen atoms in total. The van der Waals surface area contributed by atoms with E-state index in [9.17, 15) is 9.90 Å². The van der Waals surface area contributed by atoms with Gasteiger partial charge in [-0.1, -0.05) is 29.8 Å². The number of aryl methyl sites for hydroxylation is 1. The molecule has 0 radical (unpaired) electrons. The van der Waals surface area contributed by atoms with E-state index >= 15 is 0 Å². The van der Waals surface area contributed by atoms with Crippen LogP contribution in [0.4, 0.5) is 5.69 Å². The third kappa shape index (κ3) is 6.69. The minimum absolute atomic E-state index is 0.116. The second-order valence-corrected chi connectivity index (χ2v) is 9.83. The molecule has 1 saturated heterocycles. The van der Waals surface area contributed by atoms with Gasteiger partial charge in [-0.15, -0.1) is 0 Å². The Labute approximate surface area is 224 Å². The number of aromatic nitrogens is 1. The van der Waals surface area contributed by atoms with Crippen LogP contribution < -0.4 is 19.7 Å². The molecule has 8 heteroatoms. The SMILES string of the molecule is COc1cc(C(=O)CCC(C)(O)c2cc(N3CCNCC3)cc(-c3ccc(C)cc3)n2)ccc1OCCO. The van der Waals surface area contributed by atoms with Gasteiger partial charge in [-0.25, -0.2) is 4.98 Å². The second kappa shape index (κ2) is 12.4. The fourth-order valence-electron chi connectivity index (χ4n) is 4.52.